The van der Waals surface area contributed by atoms with Crippen LogP contribution in [0.5, 0.6) is 5.75 Å². The Morgan fingerprint density at radius 1 is 1.47 bits per heavy atom. The lowest BCUT2D eigenvalue weighted by atomic mass is 10.1. The van der Waals surface area contributed by atoms with Crippen molar-refractivity contribution in [2.75, 3.05) is 13.2 Å². The first-order chi connectivity index (χ1) is 9.00. The van der Waals surface area contributed by atoms with Crippen LogP contribution < -0.4 is 4.74 Å². The lowest BCUT2D eigenvalue weighted by molar-refractivity contribution is -0.150. The summed E-state index contributed by atoms with van der Waals surface area (Å²) >= 11 is 0. The number of rotatable bonds is 2. The van der Waals surface area contributed by atoms with Crippen LogP contribution in [0.4, 0.5) is 4.39 Å². The largest absolute Gasteiger partial charge is 0.491 e. The van der Waals surface area contributed by atoms with Crippen LogP contribution in [0.2, 0.25) is 0 Å². The predicted molar refractivity (Wildman–Crippen MR) is 64.1 cm³/mol. The van der Waals surface area contributed by atoms with Crippen molar-refractivity contribution in [3.63, 3.8) is 0 Å². The molecule has 2 rings (SSSR count). The van der Waals surface area contributed by atoms with Crippen molar-refractivity contribution in [3.05, 3.63) is 29.6 Å². The number of carboxylic acid groups (broad SMARTS) is 1. The van der Waals surface area contributed by atoms with E-state index in [1.165, 1.54) is 24.0 Å². The smallest absolute Gasteiger partial charge is 0.315 e. The van der Waals surface area contributed by atoms with Crippen molar-refractivity contribution in [3.8, 4) is 5.75 Å². The Balaban J connectivity index is 2.24. The minimum absolute atomic E-state index is 0.0262. The summed E-state index contributed by atoms with van der Waals surface area (Å²) in [5.74, 6) is -2.93. The molecule has 1 aromatic rings. The Bertz CT molecular complexity index is 517. The number of amides is 1. The van der Waals surface area contributed by atoms with E-state index in [0.29, 0.717) is 5.75 Å². The Hall–Kier alpha value is -2.11. The van der Waals surface area contributed by atoms with Crippen molar-refractivity contribution in [1.82, 2.24) is 4.90 Å². The fraction of sp³-hybridized carbons (Fsp3) is 0.385. The molecule has 0 saturated heterocycles. The predicted octanol–water partition coefficient (Wildman–Crippen LogP) is 1.27. The van der Waals surface area contributed by atoms with Gasteiger partial charge >= 0.3 is 5.97 Å². The Morgan fingerprint density at radius 2 is 2.21 bits per heavy atom. The Morgan fingerprint density at radius 3 is 2.89 bits per heavy atom. The number of fused-ring (bicyclic) bond motifs is 1. The van der Waals surface area contributed by atoms with E-state index in [4.69, 9.17) is 9.84 Å². The van der Waals surface area contributed by atoms with Gasteiger partial charge in [0.2, 0.25) is 5.91 Å². The van der Waals surface area contributed by atoms with Gasteiger partial charge in [-0.15, -0.1) is 0 Å². The average molecular weight is 267 g/mol. The summed E-state index contributed by atoms with van der Waals surface area (Å²) in [4.78, 5) is 24.1. The van der Waals surface area contributed by atoms with Crippen LogP contribution in [-0.2, 0) is 16.1 Å². The summed E-state index contributed by atoms with van der Waals surface area (Å²) < 4.78 is 19.1. The number of aliphatic carboxylic acids is 1. The summed E-state index contributed by atoms with van der Waals surface area (Å²) in [5, 5.41) is 8.85. The van der Waals surface area contributed by atoms with Crippen molar-refractivity contribution in [2.24, 2.45) is 5.92 Å². The van der Waals surface area contributed by atoms with Crippen LogP contribution in [0, 0.1) is 11.7 Å². The number of nitrogens with zero attached hydrogens (tertiary/aromatic N) is 1. The maximum absolute atomic E-state index is 13.7. The topological polar surface area (TPSA) is 66.8 Å². The zero-order valence-corrected chi connectivity index (χ0v) is 10.4. The number of carboxylic acids is 1. The van der Waals surface area contributed by atoms with Crippen LogP contribution in [-0.4, -0.2) is 35.0 Å². The highest BCUT2D eigenvalue weighted by atomic mass is 19.1. The number of hydrogen-bond donors (Lipinski definition) is 1. The molecule has 1 aliphatic rings. The van der Waals surface area contributed by atoms with E-state index in [2.05, 4.69) is 0 Å². The van der Waals surface area contributed by atoms with E-state index in [-0.39, 0.29) is 25.3 Å². The third kappa shape index (κ3) is 2.67. The molecule has 0 saturated carbocycles. The normalized spacial score (nSPS) is 16.0. The lowest BCUT2D eigenvalue weighted by Crippen LogP contribution is -2.39. The summed E-state index contributed by atoms with van der Waals surface area (Å²) in [6, 6.07) is 4.45. The highest BCUT2D eigenvalue weighted by Crippen LogP contribution is 2.26. The molecular weight excluding hydrogens is 253 g/mol. The van der Waals surface area contributed by atoms with E-state index in [1.54, 1.807) is 6.07 Å². The molecule has 1 N–H and O–H groups in total. The summed E-state index contributed by atoms with van der Waals surface area (Å²) in [6.45, 7) is 1.80. The third-order valence-corrected chi connectivity index (χ3v) is 3.10. The van der Waals surface area contributed by atoms with Gasteiger partial charge in [-0.2, -0.15) is 0 Å². The van der Waals surface area contributed by atoms with Crippen molar-refractivity contribution >= 4 is 11.9 Å². The molecular formula is C13H14FNO4. The Kier molecular flexibility index (Phi) is 3.69. The third-order valence-electron chi connectivity index (χ3n) is 3.10. The quantitative estimate of drug-likeness (QED) is 0.819. The van der Waals surface area contributed by atoms with Crippen molar-refractivity contribution in [1.29, 1.82) is 0 Å². The second-order valence-corrected chi connectivity index (χ2v) is 4.38. The van der Waals surface area contributed by atoms with Gasteiger partial charge in [-0.25, -0.2) is 4.39 Å². The van der Waals surface area contributed by atoms with E-state index < -0.39 is 23.6 Å². The number of hydrogen-bond acceptors (Lipinski definition) is 3. The monoisotopic (exact) mass is 267 g/mol. The average Bonchev–Trinajstić information content (AvgIpc) is 2.60. The van der Waals surface area contributed by atoms with E-state index in [0.717, 1.165) is 0 Å². The number of benzene rings is 1. The lowest BCUT2D eigenvalue weighted by Gasteiger charge is -2.21. The highest BCUT2D eigenvalue weighted by Gasteiger charge is 2.29. The zero-order chi connectivity index (χ0) is 14.0. The first-order valence-corrected chi connectivity index (χ1v) is 5.92. The van der Waals surface area contributed by atoms with Crippen molar-refractivity contribution < 1.29 is 23.8 Å². The van der Waals surface area contributed by atoms with Gasteiger partial charge in [0.15, 0.2) is 0 Å². The van der Waals surface area contributed by atoms with Gasteiger partial charge in [0.25, 0.3) is 0 Å². The molecule has 5 nitrogen and oxygen atoms in total. The molecule has 0 radical (unpaired) electrons. The SMILES string of the molecule is CC(C(=O)O)C(=O)N1CCOc2cccc(F)c2C1. The van der Waals surface area contributed by atoms with Gasteiger partial charge in [-0.05, 0) is 19.1 Å². The van der Waals surface area contributed by atoms with Gasteiger partial charge in [0.05, 0.1) is 13.1 Å². The molecule has 0 spiro atoms. The summed E-state index contributed by atoms with van der Waals surface area (Å²) in [7, 11) is 0. The van der Waals surface area contributed by atoms with Crippen LogP contribution >= 0.6 is 0 Å². The molecule has 1 atom stereocenters. The maximum atomic E-state index is 13.7. The van der Waals surface area contributed by atoms with Gasteiger partial charge in [-0.3, -0.25) is 9.59 Å². The van der Waals surface area contributed by atoms with E-state index in [1.807, 2.05) is 0 Å². The number of carbonyl (C=O) groups excluding carboxylic acids is 1. The molecule has 1 unspecified atom stereocenters. The zero-order valence-electron chi connectivity index (χ0n) is 10.4. The van der Waals surface area contributed by atoms with Gasteiger partial charge < -0.3 is 14.7 Å². The van der Waals surface area contributed by atoms with Gasteiger partial charge in [0.1, 0.15) is 24.1 Å². The van der Waals surface area contributed by atoms with Crippen LogP contribution in [0.1, 0.15) is 12.5 Å². The fourth-order valence-electron chi connectivity index (χ4n) is 1.93. The molecule has 0 fully saturated rings. The summed E-state index contributed by atoms with van der Waals surface area (Å²) in [5.41, 5.74) is 0.283. The maximum Gasteiger partial charge on any atom is 0.315 e. The summed E-state index contributed by atoms with van der Waals surface area (Å²) in [6.07, 6.45) is 0. The minimum atomic E-state index is -1.19. The number of carbonyl (C=O) groups is 2. The molecule has 0 aliphatic carbocycles. The van der Waals surface area contributed by atoms with Gasteiger partial charge in [0, 0.05) is 5.56 Å². The van der Waals surface area contributed by atoms with E-state index >= 15 is 0 Å². The van der Waals surface area contributed by atoms with Crippen molar-refractivity contribution in [2.45, 2.75) is 13.5 Å². The standard InChI is InChI=1S/C13H14FNO4/c1-8(13(17)18)12(16)15-5-6-19-11-4-2-3-10(14)9(11)7-15/h2-4,8H,5-7H2,1H3,(H,17,18). The van der Waals surface area contributed by atoms with E-state index in [9.17, 15) is 14.0 Å². The molecule has 0 aromatic heterocycles. The molecule has 19 heavy (non-hydrogen) atoms. The molecule has 1 heterocycles. The molecule has 1 aliphatic heterocycles. The Labute approximate surface area is 109 Å². The first-order valence-electron chi connectivity index (χ1n) is 5.92. The van der Waals surface area contributed by atoms with Crippen LogP contribution in [0.3, 0.4) is 0 Å². The molecule has 1 amide bonds. The minimum Gasteiger partial charge on any atom is -0.491 e. The fourth-order valence-corrected chi connectivity index (χ4v) is 1.93. The van der Waals surface area contributed by atoms with Crippen LogP contribution in [0.15, 0.2) is 18.2 Å². The first kappa shape index (κ1) is 13.3. The number of halogens is 1. The second-order valence-electron chi connectivity index (χ2n) is 4.38. The second kappa shape index (κ2) is 5.26. The highest BCUT2D eigenvalue weighted by molar-refractivity contribution is 5.96. The number of ether oxygens (including phenoxy) is 1. The molecule has 1 aromatic carbocycles. The van der Waals surface area contributed by atoms with Crippen LogP contribution in [0.25, 0.3) is 0 Å². The molecule has 0 bridgehead atoms. The molecule has 6 heteroatoms. The van der Waals surface area contributed by atoms with Gasteiger partial charge in [-0.1, -0.05) is 6.07 Å². The molecule has 102 valence electrons.